The maximum absolute atomic E-state index is 11.6. The van der Waals surface area contributed by atoms with Gasteiger partial charge in [-0.25, -0.2) is 0 Å². The van der Waals surface area contributed by atoms with Crippen LogP contribution in [0, 0.1) is 0 Å². The van der Waals surface area contributed by atoms with Crippen LogP contribution in [0.15, 0.2) is 0 Å². The predicted molar refractivity (Wildman–Crippen MR) is 66.2 cm³/mol. The van der Waals surface area contributed by atoms with E-state index in [1.807, 2.05) is 11.8 Å². The second-order valence-electron chi connectivity index (χ2n) is 4.90. The summed E-state index contributed by atoms with van der Waals surface area (Å²) < 4.78 is 0.288. The maximum atomic E-state index is 11.6. The molecule has 1 saturated heterocycles. The van der Waals surface area contributed by atoms with Crippen molar-refractivity contribution in [3.63, 3.8) is 0 Å². The van der Waals surface area contributed by atoms with E-state index < -0.39 is 0 Å². The van der Waals surface area contributed by atoms with Gasteiger partial charge < -0.3 is 10.6 Å². The van der Waals surface area contributed by atoms with Crippen LogP contribution in [0.4, 0.5) is 0 Å². The lowest BCUT2D eigenvalue weighted by molar-refractivity contribution is -0.122. The second kappa shape index (κ2) is 5.75. The van der Waals surface area contributed by atoms with Crippen LogP contribution in [0.1, 0.15) is 33.6 Å². The Labute approximate surface area is 96.8 Å². The largest absolute Gasteiger partial charge is 0.354 e. The quantitative estimate of drug-likeness (QED) is 0.717. The Morgan fingerprint density at radius 3 is 2.80 bits per heavy atom. The SMILES string of the molecule is CC(C)(C)SCCNC(=O)[C@H]1CCCN1. The Morgan fingerprint density at radius 2 is 2.27 bits per heavy atom. The number of carbonyl (C=O) groups excluding carboxylic acids is 1. The molecule has 0 unspecified atom stereocenters. The molecule has 1 aliphatic heterocycles. The lowest BCUT2D eigenvalue weighted by Gasteiger charge is -2.18. The number of carbonyl (C=O) groups is 1. The summed E-state index contributed by atoms with van der Waals surface area (Å²) >= 11 is 1.88. The minimum Gasteiger partial charge on any atom is -0.354 e. The van der Waals surface area contributed by atoms with Gasteiger partial charge in [0.15, 0.2) is 0 Å². The molecule has 15 heavy (non-hydrogen) atoms. The third kappa shape index (κ3) is 5.42. The Hall–Kier alpha value is -0.220. The molecule has 1 atom stereocenters. The van der Waals surface area contributed by atoms with Crippen LogP contribution >= 0.6 is 11.8 Å². The number of hydrogen-bond acceptors (Lipinski definition) is 3. The van der Waals surface area contributed by atoms with Gasteiger partial charge in [-0.1, -0.05) is 20.8 Å². The van der Waals surface area contributed by atoms with Crippen molar-refractivity contribution in [2.24, 2.45) is 0 Å². The molecule has 1 heterocycles. The molecule has 0 saturated carbocycles. The summed E-state index contributed by atoms with van der Waals surface area (Å²) in [4.78, 5) is 11.6. The summed E-state index contributed by atoms with van der Waals surface area (Å²) in [6.45, 7) is 8.34. The maximum Gasteiger partial charge on any atom is 0.237 e. The molecule has 0 spiro atoms. The zero-order valence-corrected chi connectivity index (χ0v) is 10.7. The van der Waals surface area contributed by atoms with E-state index in [2.05, 4.69) is 31.4 Å². The fourth-order valence-electron chi connectivity index (χ4n) is 1.56. The molecular weight excluding hydrogens is 208 g/mol. The average Bonchev–Trinajstić information content (AvgIpc) is 2.63. The van der Waals surface area contributed by atoms with Crippen LogP contribution < -0.4 is 10.6 Å². The van der Waals surface area contributed by atoms with Gasteiger partial charge in [-0.3, -0.25) is 4.79 Å². The monoisotopic (exact) mass is 230 g/mol. The van der Waals surface area contributed by atoms with Crippen molar-refractivity contribution in [3.8, 4) is 0 Å². The number of nitrogens with one attached hydrogen (secondary N) is 2. The molecule has 0 bridgehead atoms. The standard InChI is InChI=1S/C11H22N2OS/c1-11(2,3)15-8-7-13-10(14)9-5-4-6-12-9/h9,12H,4-8H2,1-3H3,(H,13,14)/t9-/m1/s1. The smallest absolute Gasteiger partial charge is 0.237 e. The van der Waals surface area contributed by atoms with Crippen molar-refractivity contribution in [2.45, 2.75) is 44.4 Å². The Kier molecular flexibility index (Phi) is 4.93. The van der Waals surface area contributed by atoms with Gasteiger partial charge in [0.05, 0.1) is 6.04 Å². The normalized spacial score (nSPS) is 21.7. The van der Waals surface area contributed by atoms with Crippen LogP contribution in [0.25, 0.3) is 0 Å². The summed E-state index contributed by atoms with van der Waals surface area (Å²) in [5, 5.41) is 6.17. The van der Waals surface area contributed by atoms with Crippen molar-refractivity contribution < 1.29 is 4.79 Å². The predicted octanol–water partition coefficient (Wildman–Crippen LogP) is 1.39. The molecule has 1 rings (SSSR count). The lowest BCUT2D eigenvalue weighted by atomic mass is 10.2. The van der Waals surface area contributed by atoms with Gasteiger partial charge in [-0.2, -0.15) is 11.8 Å². The van der Waals surface area contributed by atoms with Crippen molar-refractivity contribution in [1.29, 1.82) is 0 Å². The van der Waals surface area contributed by atoms with E-state index in [0.717, 1.165) is 31.7 Å². The third-order valence-corrected chi connectivity index (χ3v) is 3.59. The molecule has 0 aromatic carbocycles. The summed E-state index contributed by atoms with van der Waals surface area (Å²) in [6.07, 6.45) is 2.10. The average molecular weight is 230 g/mol. The highest BCUT2D eigenvalue weighted by Gasteiger charge is 2.21. The second-order valence-corrected chi connectivity index (χ2v) is 6.82. The number of rotatable bonds is 4. The highest BCUT2D eigenvalue weighted by atomic mass is 32.2. The van der Waals surface area contributed by atoms with Gasteiger partial charge in [0, 0.05) is 17.0 Å². The molecule has 1 aliphatic rings. The van der Waals surface area contributed by atoms with Gasteiger partial charge in [-0.05, 0) is 19.4 Å². The van der Waals surface area contributed by atoms with Crippen molar-refractivity contribution in [1.82, 2.24) is 10.6 Å². The first kappa shape index (κ1) is 12.8. The molecule has 0 aromatic heterocycles. The van der Waals surface area contributed by atoms with Crippen molar-refractivity contribution in [3.05, 3.63) is 0 Å². The van der Waals surface area contributed by atoms with E-state index in [1.54, 1.807) is 0 Å². The molecule has 0 radical (unpaired) electrons. The third-order valence-electron chi connectivity index (χ3n) is 2.31. The van der Waals surface area contributed by atoms with Crippen molar-refractivity contribution in [2.75, 3.05) is 18.8 Å². The summed E-state index contributed by atoms with van der Waals surface area (Å²) in [5.74, 6) is 1.16. The van der Waals surface area contributed by atoms with E-state index in [-0.39, 0.29) is 16.7 Å². The summed E-state index contributed by atoms with van der Waals surface area (Å²) in [5.41, 5.74) is 0. The topological polar surface area (TPSA) is 41.1 Å². The molecule has 0 aliphatic carbocycles. The van der Waals surface area contributed by atoms with Crippen LogP contribution in [0.2, 0.25) is 0 Å². The molecule has 88 valence electrons. The van der Waals surface area contributed by atoms with E-state index in [9.17, 15) is 4.79 Å². The first-order valence-electron chi connectivity index (χ1n) is 5.64. The number of thioether (sulfide) groups is 1. The molecule has 0 aromatic rings. The minimum absolute atomic E-state index is 0.0598. The van der Waals surface area contributed by atoms with E-state index in [1.165, 1.54) is 0 Å². The number of amides is 1. The summed E-state index contributed by atoms with van der Waals surface area (Å²) in [6, 6.07) is 0.0598. The molecule has 1 fully saturated rings. The molecule has 2 N–H and O–H groups in total. The Balaban J connectivity index is 2.07. The minimum atomic E-state index is 0.0598. The van der Waals surface area contributed by atoms with Gasteiger partial charge >= 0.3 is 0 Å². The van der Waals surface area contributed by atoms with Gasteiger partial charge in [0.2, 0.25) is 5.91 Å². The molecule has 3 nitrogen and oxygen atoms in total. The first-order chi connectivity index (χ1) is 6.99. The number of hydrogen-bond donors (Lipinski definition) is 2. The first-order valence-corrected chi connectivity index (χ1v) is 6.63. The zero-order valence-electron chi connectivity index (χ0n) is 9.93. The molecule has 1 amide bonds. The van der Waals surface area contributed by atoms with E-state index in [4.69, 9.17) is 0 Å². The van der Waals surface area contributed by atoms with Gasteiger partial charge in [0.25, 0.3) is 0 Å². The summed E-state index contributed by atoms with van der Waals surface area (Å²) in [7, 11) is 0. The van der Waals surface area contributed by atoms with Gasteiger partial charge in [-0.15, -0.1) is 0 Å². The fraction of sp³-hybridized carbons (Fsp3) is 0.909. The van der Waals surface area contributed by atoms with Crippen molar-refractivity contribution >= 4 is 17.7 Å². The van der Waals surface area contributed by atoms with Crippen LogP contribution in [-0.4, -0.2) is 35.5 Å². The molecular formula is C11H22N2OS. The van der Waals surface area contributed by atoms with E-state index >= 15 is 0 Å². The Bertz CT molecular complexity index is 207. The van der Waals surface area contributed by atoms with Crippen LogP contribution in [-0.2, 0) is 4.79 Å². The lowest BCUT2D eigenvalue weighted by Crippen LogP contribution is -2.41. The zero-order chi connectivity index (χ0) is 11.3. The van der Waals surface area contributed by atoms with Gasteiger partial charge in [0.1, 0.15) is 0 Å². The molecule has 4 heteroatoms. The van der Waals surface area contributed by atoms with Crippen LogP contribution in [0.3, 0.4) is 0 Å². The van der Waals surface area contributed by atoms with Crippen LogP contribution in [0.5, 0.6) is 0 Å². The fourth-order valence-corrected chi connectivity index (χ4v) is 2.38. The van der Waals surface area contributed by atoms with E-state index in [0.29, 0.717) is 0 Å². The highest BCUT2D eigenvalue weighted by molar-refractivity contribution is 8.00. The Morgan fingerprint density at radius 1 is 1.53 bits per heavy atom. The highest BCUT2D eigenvalue weighted by Crippen LogP contribution is 2.22.